The van der Waals surface area contributed by atoms with Gasteiger partial charge in [0.05, 0.1) is 11.6 Å². The minimum Gasteiger partial charge on any atom is -0.389 e. The van der Waals surface area contributed by atoms with Crippen LogP contribution in [0.1, 0.15) is 46.0 Å². The lowest BCUT2D eigenvalue weighted by molar-refractivity contribution is -0.115. The molecule has 15 heavy (non-hydrogen) atoms. The van der Waals surface area contributed by atoms with Gasteiger partial charge < -0.3 is 9.90 Å². The van der Waals surface area contributed by atoms with E-state index in [9.17, 15) is 9.90 Å². The van der Waals surface area contributed by atoms with Gasteiger partial charge in [-0.3, -0.25) is 4.90 Å². The lowest BCUT2D eigenvalue weighted by atomic mass is 9.94. The summed E-state index contributed by atoms with van der Waals surface area (Å²) in [6.07, 6.45) is 5.78. The van der Waals surface area contributed by atoms with Gasteiger partial charge in [0.2, 0.25) is 0 Å². The molecule has 88 valence electrons. The van der Waals surface area contributed by atoms with Crippen LogP contribution in [0.5, 0.6) is 0 Å². The summed E-state index contributed by atoms with van der Waals surface area (Å²) in [6.45, 7) is 5.60. The Morgan fingerprint density at radius 2 is 2.07 bits per heavy atom. The van der Waals surface area contributed by atoms with Gasteiger partial charge in [-0.05, 0) is 32.2 Å². The number of piperidine rings is 1. The Balaban J connectivity index is 2.57. The zero-order valence-corrected chi connectivity index (χ0v) is 9.91. The maximum atomic E-state index is 10.9. The molecule has 0 saturated carbocycles. The van der Waals surface area contributed by atoms with Gasteiger partial charge in [-0.15, -0.1) is 0 Å². The van der Waals surface area contributed by atoms with Crippen LogP contribution < -0.4 is 0 Å². The van der Waals surface area contributed by atoms with Crippen LogP contribution in [0.4, 0.5) is 0 Å². The molecule has 0 radical (unpaired) electrons. The van der Waals surface area contributed by atoms with Crippen LogP contribution in [0.15, 0.2) is 0 Å². The van der Waals surface area contributed by atoms with E-state index in [-0.39, 0.29) is 6.04 Å². The van der Waals surface area contributed by atoms with Gasteiger partial charge in [-0.25, -0.2) is 0 Å². The maximum absolute atomic E-state index is 10.9. The molecular formula is C12H23NO2. The molecule has 0 aromatic heterocycles. The normalized spacial score (nSPS) is 24.1. The fraction of sp³-hybridized carbons (Fsp3) is 0.917. The van der Waals surface area contributed by atoms with E-state index in [1.165, 1.54) is 0 Å². The van der Waals surface area contributed by atoms with Crippen molar-refractivity contribution < 1.29 is 9.90 Å². The Labute approximate surface area is 92.5 Å². The summed E-state index contributed by atoms with van der Waals surface area (Å²) in [5.41, 5.74) is -0.612. The summed E-state index contributed by atoms with van der Waals surface area (Å²) in [7, 11) is 0. The SMILES string of the molecule is CCC(O)(CC)CN1CCCCC1C=O. The highest BCUT2D eigenvalue weighted by Crippen LogP contribution is 2.22. The predicted molar refractivity (Wildman–Crippen MR) is 60.8 cm³/mol. The van der Waals surface area contributed by atoms with Crippen molar-refractivity contribution in [3.05, 3.63) is 0 Å². The van der Waals surface area contributed by atoms with Gasteiger partial charge >= 0.3 is 0 Å². The van der Waals surface area contributed by atoms with E-state index in [1.807, 2.05) is 13.8 Å². The van der Waals surface area contributed by atoms with E-state index in [0.29, 0.717) is 6.54 Å². The van der Waals surface area contributed by atoms with Crippen LogP contribution in [0.3, 0.4) is 0 Å². The third-order valence-electron chi connectivity index (χ3n) is 3.63. The number of aliphatic hydroxyl groups is 1. The second-order valence-electron chi connectivity index (χ2n) is 4.60. The van der Waals surface area contributed by atoms with E-state index in [2.05, 4.69) is 4.90 Å². The molecule has 1 heterocycles. The molecule has 1 atom stereocenters. The highest BCUT2D eigenvalue weighted by Gasteiger charge is 2.30. The van der Waals surface area contributed by atoms with E-state index in [1.54, 1.807) is 0 Å². The molecule has 0 aromatic carbocycles. The number of rotatable bonds is 5. The smallest absolute Gasteiger partial charge is 0.137 e. The molecule has 1 fully saturated rings. The van der Waals surface area contributed by atoms with Crippen molar-refractivity contribution in [3.63, 3.8) is 0 Å². The van der Waals surface area contributed by atoms with E-state index in [4.69, 9.17) is 0 Å². The lowest BCUT2D eigenvalue weighted by Gasteiger charge is -2.38. The minimum absolute atomic E-state index is 0.0309. The van der Waals surface area contributed by atoms with Crippen molar-refractivity contribution >= 4 is 6.29 Å². The number of carbonyl (C=O) groups excluding carboxylic acids is 1. The molecule has 1 rings (SSSR count). The molecule has 1 unspecified atom stereocenters. The van der Waals surface area contributed by atoms with E-state index < -0.39 is 5.60 Å². The summed E-state index contributed by atoms with van der Waals surface area (Å²) in [5, 5.41) is 10.2. The Hall–Kier alpha value is -0.410. The molecule has 1 aliphatic heterocycles. The standard InChI is InChI=1S/C12H23NO2/c1-3-12(15,4-2)10-13-8-6-5-7-11(13)9-14/h9,11,15H,3-8,10H2,1-2H3. The van der Waals surface area contributed by atoms with Gasteiger partial charge in [0, 0.05) is 6.54 Å². The number of β-amino-alcohol motifs (C(OH)–C–C–N with tert-alkyl or cyclic N) is 1. The van der Waals surface area contributed by atoms with E-state index >= 15 is 0 Å². The fourth-order valence-corrected chi connectivity index (χ4v) is 2.22. The molecule has 0 aliphatic carbocycles. The molecule has 0 spiro atoms. The number of hydrogen-bond donors (Lipinski definition) is 1. The summed E-state index contributed by atoms with van der Waals surface area (Å²) in [6, 6.07) is 0.0309. The Morgan fingerprint density at radius 1 is 1.40 bits per heavy atom. The van der Waals surface area contributed by atoms with Crippen molar-refractivity contribution in [3.8, 4) is 0 Å². The molecule has 0 bridgehead atoms. The van der Waals surface area contributed by atoms with Crippen LogP contribution >= 0.6 is 0 Å². The summed E-state index contributed by atoms with van der Waals surface area (Å²) < 4.78 is 0. The number of carbonyl (C=O) groups is 1. The number of nitrogens with zero attached hydrogens (tertiary/aromatic N) is 1. The first-order valence-electron chi connectivity index (χ1n) is 6.07. The van der Waals surface area contributed by atoms with Gasteiger partial charge in [0.25, 0.3) is 0 Å². The Kier molecular flexibility index (Phi) is 4.74. The van der Waals surface area contributed by atoms with Gasteiger partial charge in [-0.1, -0.05) is 20.3 Å². The van der Waals surface area contributed by atoms with Crippen LogP contribution in [0, 0.1) is 0 Å². The van der Waals surface area contributed by atoms with Crippen LogP contribution in [-0.4, -0.2) is 41.0 Å². The van der Waals surface area contributed by atoms with Gasteiger partial charge in [-0.2, -0.15) is 0 Å². The first kappa shape index (κ1) is 12.7. The molecule has 1 saturated heterocycles. The molecule has 1 aliphatic rings. The van der Waals surface area contributed by atoms with Crippen LogP contribution in [0.25, 0.3) is 0 Å². The molecule has 1 N–H and O–H groups in total. The van der Waals surface area contributed by atoms with Crippen LogP contribution in [0.2, 0.25) is 0 Å². The first-order chi connectivity index (χ1) is 7.15. The van der Waals surface area contributed by atoms with Crippen molar-refractivity contribution in [1.82, 2.24) is 4.90 Å². The van der Waals surface area contributed by atoms with Gasteiger partial charge in [0.15, 0.2) is 0 Å². The summed E-state index contributed by atoms with van der Waals surface area (Å²) in [4.78, 5) is 13.1. The largest absolute Gasteiger partial charge is 0.389 e. The highest BCUT2D eigenvalue weighted by atomic mass is 16.3. The monoisotopic (exact) mass is 213 g/mol. The van der Waals surface area contributed by atoms with E-state index in [0.717, 1.165) is 44.9 Å². The predicted octanol–water partition coefficient (Wildman–Crippen LogP) is 1.59. The number of likely N-dealkylation sites (tertiary alicyclic amines) is 1. The fourth-order valence-electron chi connectivity index (χ4n) is 2.22. The van der Waals surface area contributed by atoms with Crippen molar-refractivity contribution in [1.29, 1.82) is 0 Å². The quantitative estimate of drug-likeness (QED) is 0.705. The Bertz CT molecular complexity index is 202. The molecule has 3 heteroatoms. The summed E-state index contributed by atoms with van der Waals surface area (Å²) >= 11 is 0. The zero-order chi connectivity index (χ0) is 11.3. The third-order valence-corrected chi connectivity index (χ3v) is 3.63. The molecule has 0 aromatic rings. The van der Waals surface area contributed by atoms with Crippen molar-refractivity contribution in [2.24, 2.45) is 0 Å². The highest BCUT2D eigenvalue weighted by molar-refractivity contribution is 5.57. The average molecular weight is 213 g/mol. The topological polar surface area (TPSA) is 40.5 Å². The number of hydrogen-bond acceptors (Lipinski definition) is 3. The number of aldehydes is 1. The first-order valence-corrected chi connectivity index (χ1v) is 6.07. The molecular weight excluding hydrogens is 190 g/mol. The van der Waals surface area contributed by atoms with Crippen molar-refractivity contribution in [2.75, 3.05) is 13.1 Å². The Morgan fingerprint density at radius 3 is 2.60 bits per heavy atom. The lowest BCUT2D eigenvalue weighted by Crippen LogP contribution is -2.49. The van der Waals surface area contributed by atoms with Crippen LogP contribution in [-0.2, 0) is 4.79 Å². The minimum atomic E-state index is -0.612. The second-order valence-corrected chi connectivity index (χ2v) is 4.60. The van der Waals surface area contributed by atoms with Gasteiger partial charge in [0.1, 0.15) is 6.29 Å². The maximum Gasteiger partial charge on any atom is 0.137 e. The molecule has 0 amide bonds. The zero-order valence-electron chi connectivity index (χ0n) is 9.91. The summed E-state index contributed by atoms with van der Waals surface area (Å²) in [5.74, 6) is 0. The third kappa shape index (κ3) is 3.28. The second kappa shape index (κ2) is 5.61. The average Bonchev–Trinajstić information content (AvgIpc) is 2.29. The van der Waals surface area contributed by atoms with Crippen molar-refractivity contribution in [2.45, 2.75) is 57.6 Å². The molecule has 3 nitrogen and oxygen atoms in total.